The van der Waals surface area contributed by atoms with E-state index in [-0.39, 0.29) is 6.04 Å². The Morgan fingerprint density at radius 1 is 1.42 bits per heavy atom. The fourth-order valence-corrected chi connectivity index (χ4v) is 3.13. The van der Waals surface area contributed by atoms with Crippen molar-refractivity contribution >= 4 is 21.6 Å². The molecule has 0 spiro atoms. The lowest BCUT2D eigenvalue weighted by molar-refractivity contribution is 0.213. The molecule has 4 heteroatoms. The van der Waals surface area contributed by atoms with E-state index in [1.54, 1.807) is 0 Å². The molecule has 2 rings (SSSR count). The standard InChI is InChI=1S/C15H24BrN3/c1-4-13-10-19(8-7-18(13)3)15-9-12(16)5-6-14(15)11(2)17/h5-6,9,11,13H,4,7-8,10,17H2,1-3H3. The van der Waals surface area contributed by atoms with Crippen molar-refractivity contribution < 1.29 is 0 Å². The molecule has 1 saturated heterocycles. The molecule has 3 nitrogen and oxygen atoms in total. The summed E-state index contributed by atoms with van der Waals surface area (Å²) in [6.45, 7) is 7.59. The van der Waals surface area contributed by atoms with Crippen LogP contribution in [0, 0.1) is 0 Å². The van der Waals surface area contributed by atoms with Crippen LogP contribution >= 0.6 is 15.9 Å². The molecule has 0 amide bonds. The minimum absolute atomic E-state index is 0.0721. The third kappa shape index (κ3) is 3.30. The van der Waals surface area contributed by atoms with Crippen molar-refractivity contribution in [2.24, 2.45) is 5.73 Å². The maximum atomic E-state index is 6.11. The largest absolute Gasteiger partial charge is 0.368 e. The molecule has 2 N–H and O–H groups in total. The molecule has 0 saturated carbocycles. The number of rotatable bonds is 3. The Kier molecular flexibility index (Phi) is 4.87. The quantitative estimate of drug-likeness (QED) is 0.927. The zero-order valence-electron chi connectivity index (χ0n) is 12.1. The fourth-order valence-electron chi connectivity index (χ4n) is 2.78. The molecule has 2 unspecified atom stereocenters. The van der Waals surface area contributed by atoms with E-state index in [1.807, 2.05) is 0 Å². The molecule has 0 radical (unpaired) electrons. The van der Waals surface area contributed by atoms with Crippen LogP contribution in [0.4, 0.5) is 5.69 Å². The van der Waals surface area contributed by atoms with E-state index < -0.39 is 0 Å². The molecule has 1 heterocycles. The second kappa shape index (κ2) is 6.25. The molecule has 0 aliphatic carbocycles. The van der Waals surface area contributed by atoms with Gasteiger partial charge < -0.3 is 10.6 Å². The first-order valence-corrected chi connectivity index (χ1v) is 7.82. The summed E-state index contributed by atoms with van der Waals surface area (Å²) in [5.41, 5.74) is 8.64. The van der Waals surface area contributed by atoms with E-state index in [1.165, 1.54) is 17.7 Å². The van der Waals surface area contributed by atoms with Crippen LogP contribution in [0.5, 0.6) is 0 Å². The van der Waals surface area contributed by atoms with Crippen LogP contribution < -0.4 is 10.6 Å². The van der Waals surface area contributed by atoms with E-state index in [4.69, 9.17) is 5.73 Å². The lowest BCUT2D eigenvalue weighted by Crippen LogP contribution is -2.51. The van der Waals surface area contributed by atoms with E-state index in [0.717, 1.165) is 24.1 Å². The fraction of sp³-hybridized carbons (Fsp3) is 0.600. The summed E-state index contributed by atoms with van der Waals surface area (Å²) in [6.07, 6.45) is 1.19. The third-order valence-corrected chi connectivity index (χ3v) is 4.57. The maximum Gasteiger partial charge on any atom is 0.0426 e. The molecule has 19 heavy (non-hydrogen) atoms. The number of piperazine rings is 1. The average Bonchev–Trinajstić information content (AvgIpc) is 2.38. The van der Waals surface area contributed by atoms with Crippen LogP contribution in [0.3, 0.4) is 0 Å². The van der Waals surface area contributed by atoms with E-state index in [9.17, 15) is 0 Å². The van der Waals surface area contributed by atoms with Gasteiger partial charge in [-0.25, -0.2) is 0 Å². The first kappa shape index (κ1) is 14.8. The first-order valence-electron chi connectivity index (χ1n) is 7.03. The Hall–Kier alpha value is -0.580. The van der Waals surface area contributed by atoms with Crippen molar-refractivity contribution in [2.75, 3.05) is 31.6 Å². The second-order valence-electron chi connectivity index (χ2n) is 5.48. The highest BCUT2D eigenvalue weighted by atomic mass is 79.9. The van der Waals surface area contributed by atoms with E-state index >= 15 is 0 Å². The first-order chi connectivity index (χ1) is 9.02. The number of hydrogen-bond donors (Lipinski definition) is 1. The molecule has 1 aliphatic rings. The van der Waals surface area contributed by atoms with E-state index in [0.29, 0.717) is 6.04 Å². The Morgan fingerprint density at radius 2 is 2.16 bits per heavy atom. The predicted octanol–water partition coefficient (Wildman–Crippen LogP) is 3.00. The molecule has 1 aliphatic heterocycles. The van der Waals surface area contributed by atoms with Crippen molar-refractivity contribution in [1.82, 2.24) is 4.90 Å². The van der Waals surface area contributed by atoms with Gasteiger partial charge in [-0.05, 0) is 38.1 Å². The summed E-state index contributed by atoms with van der Waals surface area (Å²) in [4.78, 5) is 4.94. The topological polar surface area (TPSA) is 32.5 Å². The summed E-state index contributed by atoms with van der Waals surface area (Å²) in [5, 5.41) is 0. The summed E-state index contributed by atoms with van der Waals surface area (Å²) >= 11 is 3.58. The Bertz CT molecular complexity index is 433. The number of nitrogens with two attached hydrogens (primary N) is 1. The minimum Gasteiger partial charge on any atom is -0.368 e. The summed E-state index contributed by atoms with van der Waals surface area (Å²) in [5.74, 6) is 0. The lowest BCUT2D eigenvalue weighted by atomic mass is 10.0. The van der Waals surface area contributed by atoms with Gasteiger partial charge in [0.25, 0.3) is 0 Å². The highest BCUT2D eigenvalue weighted by Gasteiger charge is 2.24. The van der Waals surface area contributed by atoms with Crippen molar-refractivity contribution in [3.63, 3.8) is 0 Å². The lowest BCUT2D eigenvalue weighted by Gasteiger charge is -2.41. The van der Waals surface area contributed by atoms with Gasteiger partial charge in [-0.3, -0.25) is 4.90 Å². The number of benzene rings is 1. The Balaban J connectivity index is 2.28. The van der Waals surface area contributed by atoms with Crippen LogP contribution in [0.2, 0.25) is 0 Å². The van der Waals surface area contributed by atoms with Gasteiger partial charge in [0.1, 0.15) is 0 Å². The summed E-state index contributed by atoms with van der Waals surface area (Å²) in [6, 6.07) is 7.13. The highest BCUT2D eigenvalue weighted by Crippen LogP contribution is 2.30. The van der Waals surface area contributed by atoms with Crippen LogP contribution in [0.15, 0.2) is 22.7 Å². The molecular formula is C15H24BrN3. The normalized spacial score (nSPS) is 22.6. The molecule has 0 aromatic heterocycles. The SMILES string of the molecule is CCC1CN(c2cc(Br)ccc2C(C)N)CCN1C. The van der Waals surface area contributed by atoms with Gasteiger partial charge in [-0.2, -0.15) is 0 Å². The molecule has 1 aromatic rings. The van der Waals surface area contributed by atoms with Crippen LogP contribution in [0.1, 0.15) is 31.9 Å². The molecule has 1 aromatic carbocycles. The van der Waals surface area contributed by atoms with Crippen LogP contribution in [0.25, 0.3) is 0 Å². The number of likely N-dealkylation sites (N-methyl/N-ethyl adjacent to an activating group) is 1. The van der Waals surface area contributed by atoms with Gasteiger partial charge in [-0.1, -0.05) is 28.9 Å². The highest BCUT2D eigenvalue weighted by molar-refractivity contribution is 9.10. The van der Waals surface area contributed by atoms with Crippen LogP contribution in [-0.4, -0.2) is 37.6 Å². The zero-order valence-corrected chi connectivity index (χ0v) is 13.7. The summed E-state index contributed by atoms with van der Waals surface area (Å²) < 4.78 is 1.12. The monoisotopic (exact) mass is 325 g/mol. The molecule has 106 valence electrons. The zero-order chi connectivity index (χ0) is 14.0. The van der Waals surface area contributed by atoms with Crippen molar-refractivity contribution in [1.29, 1.82) is 0 Å². The Labute approximate surface area is 124 Å². The van der Waals surface area contributed by atoms with Gasteiger partial charge in [0, 0.05) is 41.9 Å². The smallest absolute Gasteiger partial charge is 0.0426 e. The van der Waals surface area contributed by atoms with Gasteiger partial charge >= 0.3 is 0 Å². The minimum atomic E-state index is 0.0721. The van der Waals surface area contributed by atoms with Gasteiger partial charge in [-0.15, -0.1) is 0 Å². The van der Waals surface area contributed by atoms with Crippen molar-refractivity contribution in [3.05, 3.63) is 28.2 Å². The number of halogens is 1. The number of anilines is 1. The number of hydrogen-bond acceptors (Lipinski definition) is 3. The van der Waals surface area contributed by atoms with Gasteiger partial charge in [0.15, 0.2) is 0 Å². The number of nitrogens with zero attached hydrogens (tertiary/aromatic N) is 2. The molecule has 2 atom stereocenters. The predicted molar refractivity (Wildman–Crippen MR) is 85.7 cm³/mol. The average molecular weight is 326 g/mol. The molecule has 1 fully saturated rings. The Morgan fingerprint density at radius 3 is 2.79 bits per heavy atom. The molecule has 0 bridgehead atoms. The second-order valence-corrected chi connectivity index (χ2v) is 6.40. The van der Waals surface area contributed by atoms with Gasteiger partial charge in [0.05, 0.1) is 0 Å². The van der Waals surface area contributed by atoms with Crippen molar-refractivity contribution in [3.8, 4) is 0 Å². The van der Waals surface area contributed by atoms with E-state index in [2.05, 4.69) is 64.8 Å². The summed E-state index contributed by atoms with van der Waals surface area (Å²) in [7, 11) is 2.22. The van der Waals surface area contributed by atoms with Gasteiger partial charge in [0.2, 0.25) is 0 Å². The van der Waals surface area contributed by atoms with Crippen LogP contribution in [-0.2, 0) is 0 Å². The maximum absolute atomic E-state index is 6.11. The molecular weight excluding hydrogens is 302 g/mol. The van der Waals surface area contributed by atoms with Crippen molar-refractivity contribution in [2.45, 2.75) is 32.4 Å². The third-order valence-electron chi connectivity index (χ3n) is 4.07.